The van der Waals surface area contributed by atoms with Gasteiger partial charge in [-0.25, -0.2) is 9.59 Å². The predicted molar refractivity (Wildman–Crippen MR) is 189 cm³/mol. The molecule has 0 spiro atoms. The second kappa shape index (κ2) is 18.0. The number of carbonyl (C=O) groups is 6. The number of alkyl carbamates (subject to hydrolysis) is 1. The number of rotatable bonds is 13. The third-order valence-corrected chi connectivity index (χ3v) is 6.13. The lowest BCUT2D eigenvalue weighted by Gasteiger charge is -2.29. The highest BCUT2D eigenvalue weighted by molar-refractivity contribution is 6.06. The number of nitrogens with zero attached hydrogens (tertiary/aromatic N) is 1. The van der Waals surface area contributed by atoms with Crippen LogP contribution >= 0.6 is 0 Å². The van der Waals surface area contributed by atoms with E-state index in [0.29, 0.717) is 12.1 Å². The van der Waals surface area contributed by atoms with Gasteiger partial charge in [0.1, 0.15) is 29.4 Å². The van der Waals surface area contributed by atoms with Crippen LogP contribution in [0.3, 0.4) is 0 Å². The van der Waals surface area contributed by atoms with E-state index in [-0.39, 0.29) is 24.3 Å². The zero-order valence-electron chi connectivity index (χ0n) is 30.4. The Bertz CT molecular complexity index is 1490. The summed E-state index contributed by atoms with van der Waals surface area (Å²) in [5, 5.41) is 10.5. The molecule has 0 aliphatic carbocycles. The van der Waals surface area contributed by atoms with Gasteiger partial charge in [0, 0.05) is 30.0 Å². The molecule has 0 bridgehead atoms. The number of hydrogen-bond donors (Lipinski definition) is 4. The Morgan fingerprint density at radius 2 is 1.28 bits per heavy atom. The van der Waals surface area contributed by atoms with E-state index in [2.05, 4.69) is 21.3 Å². The summed E-state index contributed by atoms with van der Waals surface area (Å²) in [6, 6.07) is 12.4. The largest absolute Gasteiger partial charge is 0.460 e. The van der Waals surface area contributed by atoms with Crippen molar-refractivity contribution in [1.29, 1.82) is 0 Å². The minimum atomic E-state index is -1.44. The van der Waals surface area contributed by atoms with Gasteiger partial charge in [-0.2, -0.15) is 0 Å². The van der Waals surface area contributed by atoms with Crippen LogP contribution in [0.5, 0.6) is 0 Å². The van der Waals surface area contributed by atoms with Crippen LogP contribution in [0.1, 0.15) is 85.5 Å². The van der Waals surface area contributed by atoms with E-state index in [0.717, 1.165) is 4.90 Å². The molecule has 4 N–H and O–H groups in total. The van der Waals surface area contributed by atoms with Crippen molar-refractivity contribution in [2.24, 2.45) is 0 Å². The molecule has 0 saturated heterocycles. The van der Waals surface area contributed by atoms with Crippen LogP contribution in [0.25, 0.3) is 0 Å². The van der Waals surface area contributed by atoms with Gasteiger partial charge < -0.3 is 35.5 Å². The number of benzene rings is 2. The van der Waals surface area contributed by atoms with Gasteiger partial charge in [0.05, 0.1) is 6.42 Å². The summed E-state index contributed by atoms with van der Waals surface area (Å²) in [5.41, 5.74) is -1.57. The van der Waals surface area contributed by atoms with Gasteiger partial charge in [-0.05, 0) is 99.1 Å². The molecule has 0 aliphatic heterocycles. The predicted octanol–water partition coefficient (Wildman–Crippen LogP) is 4.93. The number of hydrogen-bond acceptors (Lipinski definition) is 9. The van der Waals surface area contributed by atoms with Gasteiger partial charge >= 0.3 is 24.1 Å². The zero-order chi connectivity index (χ0) is 37.7. The summed E-state index contributed by atoms with van der Waals surface area (Å²) in [4.78, 5) is 78.8. The molecule has 0 aromatic heterocycles. The van der Waals surface area contributed by atoms with E-state index in [4.69, 9.17) is 14.2 Å². The number of amides is 5. The Labute approximate surface area is 294 Å². The normalized spacial score (nSPS) is 12.1. The second-order valence-electron chi connectivity index (χ2n) is 14.4. The van der Waals surface area contributed by atoms with Gasteiger partial charge in [-0.1, -0.05) is 24.3 Å². The van der Waals surface area contributed by atoms with Crippen LogP contribution in [0, 0.1) is 0 Å². The molecule has 0 unspecified atom stereocenters. The fourth-order valence-corrected chi connectivity index (χ4v) is 4.30. The summed E-state index contributed by atoms with van der Waals surface area (Å²) in [6.45, 7) is 15.4. The van der Waals surface area contributed by atoms with Gasteiger partial charge in [-0.15, -0.1) is 0 Å². The molecule has 0 heterocycles. The van der Waals surface area contributed by atoms with Crippen molar-refractivity contribution in [2.45, 2.75) is 98.0 Å². The van der Waals surface area contributed by atoms with Crippen LogP contribution in [0.15, 0.2) is 54.6 Å². The summed E-state index contributed by atoms with van der Waals surface area (Å²) in [5.74, 6) is -2.88. The van der Waals surface area contributed by atoms with E-state index >= 15 is 0 Å². The second-order valence-corrected chi connectivity index (χ2v) is 14.4. The Balaban J connectivity index is 2.19. The maximum atomic E-state index is 14.1. The number of esters is 2. The highest BCUT2D eigenvalue weighted by Crippen LogP contribution is 2.19. The van der Waals surface area contributed by atoms with Gasteiger partial charge in [0.2, 0.25) is 0 Å². The first-order valence-corrected chi connectivity index (χ1v) is 16.3. The molecule has 2 aromatic rings. The number of ether oxygens (including phenoxy) is 3. The average molecular weight is 698 g/mol. The molecule has 1 atom stereocenters. The van der Waals surface area contributed by atoms with E-state index in [1.807, 2.05) is 0 Å². The quantitative estimate of drug-likeness (QED) is 0.128. The Hall–Kier alpha value is -5.14. The Morgan fingerprint density at radius 3 is 1.88 bits per heavy atom. The smallest absolute Gasteiger partial charge is 0.407 e. The lowest BCUT2D eigenvalue weighted by molar-refractivity contribution is -0.156. The molecule has 5 amide bonds. The third-order valence-electron chi connectivity index (χ3n) is 6.13. The number of para-hydroxylation sites is 1. The Kier molecular flexibility index (Phi) is 14.8. The van der Waals surface area contributed by atoms with E-state index in [1.165, 1.54) is 12.1 Å². The summed E-state index contributed by atoms with van der Waals surface area (Å²) in [7, 11) is 0. The van der Waals surface area contributed by atoms with Crippen molar-refractivity contribution in [1.82, 2.24) is 16.0 Å². The number of nitrogens with one attached hydrogen (secondary N) is 4. The summed E-state index contributed by atoms with van der Waals surface area (Å²) < 4.78 is 16.1. The lowest BCUT2D eigenvalue weighted by atomic mass is 10.1. The van der Waals surface area contributed by atoms with Gasteiger partial charge in [0.15, 0.2) is 0 Å². The maximum Gasteiger partial charge on any atom is 0.407 e. The molecule has 0 saturated carbocycles. The van der Waals surface area contributed by atoms with Crippen LogP contribution in [0.4, 0.5) is 21.0 Å². The van der Waals surface area contributed by atoms with E-state index < -0.39 is 71.7 Å². The molecule has 0 fully saturated rings. The number of urea groups is 1. The highest BCUT2D eigenvalue weighted by Gasteiger charge is 2.33. The number of anilines is 2. The number of carbonyl (C=O) groups excluding carboxylic acids is 6. The van der Waals surface area contributed by atoms with Crippen LogP contribution in [-0.2, 0) is 28.6 Å². The molecule has 2 aromatic carbocycles. The molecule has 0 radical (unpaired) electrons. The molecule has 50 heavy (non-hydrogen) atoms. The van der Waals surface area contributed by atoms with Crippen LogP contribution < -0.4 is 26.2 Å². The molecular formula is C36H51N5O9. The van der Waals surface area contributed by atoms with Crippen LogP contribution in [0.2, 0.25) is 0 Å². The Morgan fingerprint density at radius 1 is 0.700 bits per heavy atom. The summed E-state index contributed by atoms with van der Waals surface area (Å²) >= 11 is 0. The van der Waals surface area contributed by atoms with Crippen LogP contribution in [-0.4, -0.2) is 78.4 Å². The zero-order valence-corrected chi connectivity index (χ0v) is 30.4. The lowest BCUT2D eigenvalue weighted by Crippen LogP contribution is -2.52. The fraction of sp³-hybridized carbons (Fsp3) is 0.500. The first kappa shape index (κ1) is 41.0. The van der Waals surface area contributed by atoms with Crippen molar-refractivity contribution < 1.29 is 43.0 Å². The van der Waals surface area contributed by atoms with Crippen molar-refractivity contribution in [3.05, 3.63) is 60.2 Å². The maximum absolute atomic E-state index is 14.1. The van der Waals surface area contributed by atoms with E-state index in [1.54, 1.807) is 105 Å². The summed E-state index contributed by atoms with van der Waals surface area (Å²) in [6.07, 6.45) is -0.637. The average Bonchev–Trinajstić information content (AvgIpc) is 2.97. The van der Waals surface area contributed by atoms with Crippen molar-refractivity contribution in [3.8, 4) is 0 Å². The van der Waals surface area contributed by atoms with Gasteiger partial charge in [0.25, 0.3) is 11.8 Å². The van der Waals surface area contributed by atoms with Crippen molar-refractivity contribution >= 4 is 47.3 Å². The molecule has 0 aliphatic rings. The minimum Gasteiger partial charge on any atom is -0.460 e. The molecule has 14 heteroatoms. The SMILES string of the molecule is CC(C)(C)OC(=O)C[C@H](NC(=O)c1cccc(NC(=O)NCCCNC(=O)OC(C)(C)C)c1)C(=O)N(CC(=O)OC(C)(C)C)c1ccccc1. The first-order valence-electron chi connectivity index (χ1n) is 16.3. The third kappa shape index (κ3) is 16.3. The van der Waals surface area contributed by atoms with Gasteiger partial charge in [-0.3, -0.25) is 24.1 Å². The van der Waals surface area contributed by atoms with E-state index in [9.17, 15) is 28.8 Å². The monoisotopic (exact) mass is 697 g/mol. The highest BCUT2D eigenvalue weighted by atomic mass is 16.6. The first-order chi connectivity index (χ1) is 23.1. The molecule has 14 nitrogen and oxygen atoms in total. The molecular weight excluding hydrogens is 646 g/mol. The van der Waals surface area contributed by atoms with Crippen molar-refractivity contribution in [2.75, 3.05) is 29.9 Å². The molecule has 274 valence electrons. The van der Waals surface area contributed by atoms with Crippen molar-refractivity contribution in [3.63, 3.8) is 0 Å². The molecule has 2 rings (SSSR count). The topological polar surface area (TPSA) is 181 Å². The minimum absolute atomic E-state index is 0.0877. The fourth-order valence-electron chi connectivity index (χ4n) is 4.30. The standard InChI is InChI=1S/C36H51N5O9/c1-34(2,3)48-28(42)22-27(31(45)41(26-17-11-10-12-18-26)23-29(43)49-35(4,5)6)40-30(44)24-15-13-16-25(21-24)39-32(46)37-19-14-20-38-33(47)50-36(7,8)9/h10-13,15-18,21,27H,14,19-20,22-23H2,1-9H3,(H,38,47)(H,40,44)(H2,37,39,46)/t27-/m0/s1.